The molecule has 0 atom stereocenters. The second-order valence-corrected chi connectivity index (χ2v) is 12.1. The summed E-state index contributed by atoms with van der Waals surface area (Å²) < 4.78 is 49.8. The standard InChI is InChI=1S/C42H18F3N7/c43-42(44,45)35-18-40(51-36-8-4-25(20-47)13-31(36)32-14-26(21-48)5-9-37(32)51)30(29-3-1-2-24(12-29)19-46)17-41(35)52-38-10-6-27(22-49)15-33(38)34-16-28(23-50)7-11-39(34)52/h1-18H. The van der Waals surface area contributed by atoms with E-state index >= 15 is 13.2 Å². The first-order valence-electron chi connectivity index (χ1n) is 15.7. The Morgan fingerprint density at radius 3 is 1.19 bits per heavy atom. The first-order chi connectivity index (χ1) is 25.2. The zero-order valence-electron chi connectivity index (χ0n) is 26.7. The van der Waals surface area contributed by atoms with Gasteiger partial charge in [0.25, 0.3) is 0 Å². The third-order valence-corrected chi connectivity index (χ3v) is 9.25. The molecule has 0 spiro atoms. The molecule has 0 N–H and O–H groups in total. The second-order valence-electron chi connectivity index (χ2n) is 12.1. The van der Waals surface area contributed by atoms with Crippen molar-refractivity contribution in [1.82, 2.24) is 9.13 Å². The average Bonchev–Trinajstić information content (AvgIpc) is 3.67. The van der Waals surface area contributed by atoms with Crippen molar-refractivity contribution in [1.29, 1.82) is 26.3 Å². The van der Waals surface area contributed by atoms with E-state index in [9.17, 15) is 26.3 Å². The van der Waals surface area contributed by atoms with E-state index in [0.717, 1.165) is 6.07 Å². The lowest BCUT2D eigenvalue weighted by molar-refractivity contribution is -0.137. The smallest absolute Gasteiger partial charge is 0.309 e. The van der Waals surface area contributed by atoms with Crippen molar-refractivity contribution in [3.05, 3.63) is 143 Å². The molecule has 0 aliphatic heterocycles. The lowest BCUT2D eigenvalue weighted by atomic mass is 9.97. The van der Waals surface area contributed by atoms with E-state index in [1.54, 1.807) is 89.5 Å². The van der Waals surface area contributed by atoms with Gasteiger partial charge in [0.2, 0.25) is 0 Å². The van der Waals surface area contributed by atoms with Gasteiger partial charge in [0.15, 0.2) is 0 Å². The molecule has 8 rings (SSSR count). The summed E-state index contributed by atoms with van der Waals surface area (Å²) in [5.74, 6) is 0. The molecule has 2 heterocycles. The molecule has 52 heavy (non-hydrogen) atoms. The van der Waals surface area contributed by atoms with Gasteiger partial charge in [0, 0.05) is 27.1 Å². The number of benzene rings is 6. The summed E-state index contributed by atoms with van der Waals surface area (Å²) in [6.45, 7) is 0. The normalized spacial score (nSPS) is 11.3. The van der Waals surface area contributed by atoms with E-state index in [4.69, 9.17) is 0 Å². The molecule has 0 fully saturated rings. The molecule has 242 valence electrons. The topological polar surface area (TPSA) is 129 Å². The molecule has 7 nitrogen and oxygen atoms in total. The van der Waals surface area contributed by atoms with Crippen molar-refractivity contribution in [2.75, 3.05) is 0 Å². The minimum absolute atomic E-state index is 0.153. The van der Waals surface area contributed by atoms with Crippen molar-refractivity contribution in [2.45, 2.75) is 6.18 Å². The van der Waals surface area contributed by atoms with Gasteiger partial charge in [0.1, 0.15) is 0 Å². The minimum atomic E-state index is -4.88. The first kappa shape index (κ1) is 31.4. The average molecular weight is 678 g/mol. The molecule has 2 aromatic heterocycles. The van der Waals surface area contributed by atoms with E-state index in [0.29, 0.717) is 82.6 Å². The second kappa shape index (κ2) is 11.6. The zero-order valence-corrected chi connectivity index (χ0v) is 26.7. The summed E-state index contributed by atoms with van der Waals surface area (Å²) >= 11 is 0. The maximum absolute atomic E-state index is 15.6. The van der Waals surface area contributed by atoms with Crippen molar-refractivity contribution >= 4 is 43.6 Å². The van der Waals surface area contributed by atoms with Crippen LogP contribution in [0.4, 0.5) is 13.2 Å². The highest BCUT2D eigenvalue weighted by atomic mass is 19.4. The lowest BCUT2D eigenvalue weighted by Crippen LogP contribution is -2.13. The van der Waals surface area contributed by atoms with Crippen LogP contribution in [0.1, 0.15) is 33.4 Å². The number of aromatic nitrogens is 2. The van der Waals surface area contributed by atoms with Gasteiger partial charge in [-0.2, -0.15) is 39.5 Å². The van der Waals surface area contributed by atoms with Gasteiger partial charge in [-0.3, -0.25) is 0 Å². The molecule has 6 aromatic carbocycles. The van der Waals surface area contributed by atoms with Crippen LogP contribution in [-0.2, 0) is 6.18 Å². The zero-order chi connectivity index (χ0) is 36.3. The Morgan fingerprint density at radius 2 is 0.808 bits per heavy atom. The Kier molecular flexibility index (Phi) is 7.04. The lowest BCUT2D eigenvalue weighted by Gasteiger charge is -2.22. The molecular weight excluding hydrogens is 660 g/mol. The van der Waals surface area contributed by atoms with Gasteiger partial charge >= 0.3 is 6.18 Å². The van der Waals surface area contributed by atoms with E-state index in [1.807, 2.05) is 0 Å². The highest BCUT2D eigenvalue weighted by Crippen LogP contribution is 2.45. The fraction of sp³-hybridized carbons (Fsp3) is 0.0238. The summed E-state index contributed by atoms with van der Waals surface area (Å²) in [5.41, 5.74) is 3.21. The van der Waals surface area contributed by atoms with Crippen molar-refractivity contribution < 1.29 is 13.2 Å². The largest absolute Gasteiger partial charge is 0.418 e. The fourth-order valence-electron chi connectivity index (χ4n) is 7.01. The Hall–Kier alpha value is -7.84. The van der Waals surface area contributed by atoms with E-state index < -0.39 is 11.7 Å². The van der Waals surface area contributed by atoms with Crippen LogP contribution >= 0.6 is 0 Å². The van der Waals surface area contributed by atoms with Gasteiger partial charge in [0.05, 0.1) is 97.2 Å². The number of hydrogen-bond acceptors (Lipinski definition) is 5. The summed E-state index contributed by atoms with van der Waals surface area (Å²) in [6, 6.07) is 38.9. The van der Waals surface area contributed by atoms with Crippen LogP contribution in [0.15, 0.2) is 109 Å². The third-order valence-electron chi connectivity index (χ3n) is 9.25. The van der Waals surface area contributed by atoms with Crippen LogP contribution in [0.2, 0.25) is 0 Å². The van der Waals surface area contributed by atoms with Gasteiger partial charge < -0.3 is 9.13 Å². The van der Waals surface area contributed by atoms with Crippen LogP contribution in [0.5, 0.6) is 0 Å². The van der Waals surface area contributed by atoms with Crippen LogP contribution in [-0.4, -0.2) is 9.13 Å². The van der Waals surface area contributed by atoms with Crippen molar-refractivity contribution in [3.63, 3.8) is 0 Å². The molecule has 10 heteroatoms. The number of hydrogen-bond donors (Lipinski definition) is 0. The van der Waals surface area contributed by atoms with Gasteiger partial charge in [-0.05, 0) is 103 Å². The number of fused-ring (bicyclic) bond motifs is 6. The first-order valence-corrected chi connectivity index (χ1v) is 15.7. The molecule has 0 aliphatic rings. The Balaban J connectivity index is 1.57. The van der Waals surface area contributed by atoms with Gasteiger partial charge in [-0.25, -0.2) is 0 Å². The predicted octanol–water partition coefficient (Wildman–Crippen LogP) is 9.92. The summed E-state index contributed by atoms with van der Waals surface area (Å²) in [7, 11) is 0. The molecule has 0 saturated heterocycles. The summed E-state index contributed by atoms with van der Waals surface area (Å²) in [5, 5.41) is 50.7. The molecule has 0 unspecified atom stereocenters. The number of halogens is 3. The highest BCUT2D eigenvalue weighted by molar-refractivity contribution is 6.12. The summed E-state index contributed by atoms with van der Waals surface area (Å²) in [6.07, 6.45) is -4.88. The molecule has 0 bridgehead atoms. The highest BCUT2D eigenvalue weighted by Gasteiger charge is 2.37. The van der Waals surface area contributed by atoms with Crippen LogP contribution in [0.25, 0.3) is 66.1 Å². The quantitative estimate of drug-likeness (QED) is 0.184. The molecule has 8 aromatic rings. The van der Waals surface area contributed by atoms with E-state index in [-0.39, 0.29) is 11.4 Å². The summed E-state index contributed by atoms with van der Waals surface area (Å²) in [4.78, 5) is 0. The Bertz CT molecular complexity index is 2930. The van der Waals surface area contributed by atoms with E-state index in [1.165, 1.54) is 22.8 Å². The van der Waals surface area contributed by atoms with Gasteiger partial charge in [-0.1, -0.05) is 12.1 Å². The number of rotatable bonds is 3. The van der Waals surface area contributed by atoms with Crippen molar-refractivity contribution in [3.8, 4) is 52.8 Å². The molecule has 0 amide bonds. The Morgan fingerprint density at radius 1 is 0.423 bits per heavy atom. The van der Waals surface area contributed by atoms with Crippen LogP contribution in [0.3, 0.4) is 0 Å². The maximum atomic E-state index is 15.6. The SMILES string of the molecule is N#Cc1cccc(-c2cc(-n3c4ccc(C#N)cc4c4cc(C#N)ccc43)c(C(F)(F)F)cc2-n2c3ccc(C#N)cc3c3cc(C#N)ccc32)c1. The predicted molar refractivity (Wildman–Crippen MR) is 189 cm³/mol. The number of nitrogens with zero attached hydrogens (tertiary/aromatic N) is 7. The molecular formula is C42H18F3N7. The molecule has 0 radical (unpaired) electrons. The molecule has 0 saturated carbocycles. The monoisotopic (exact) mass is 677 g/mol. The van der Waals surface area contributed by atoms with Crippen LogP contribution < -0.4 is 0 Å². The van der Waals surface area contributed by atoms with Crippen molar-refractivity contribution in [2.24, 2.45) is 0 Å². The van der Waals surface area contributed by atoms with Crippen LogP contribution in [0, 0.1) is 56.7 Å². The minimum Gasteiger partial charge on any atom is -0.309 e. The number of alkyl halides is 3. The van der Waals surface area contributed by atoms with E-state index in [2.05, 4.69) is 30.3 Å². The number of nitriles is 5. The maximum Gasteiger partial charge on any atom is 0.418 e. The Labute approximate surface area is 293 Å². The third kappa shape index (κ3) is 4.79. The van der Waals surface area contributed by atoms with Gasteiger partial charge in [-0.15, -0.1) is 0 Å². The molecule has 0 aliphatic carbocycles. The fourth-order valence-corrected chi connectivity index (χ4v) is 7.01.